The number of nitrogens with one attached hydrogen (secondary N) is 1. The Morgan fingerprint density at radius 3 is 2.65 bits per heavy atom. The van der Waals surface area contributed by atoms with Gasteiger partial charge in [0.2, 0.25) is 0 Å². The van der Waals surface area contributed by atoms with Gasteiger partial charge in [-0.1, -0.05) is 12.1 Å². The molecule has 0 atom stereocenters. The lowest BCUT2D eigenvalue weighted by molar-refractivity contribution is 0.102. The molecule has 0 aliphatic carbocycles. The van der Waals surface area contributed by atoms with Gasteiger partial charge in [0.05, 0.1) is 5.69 Å². The molecule has 0 fully saturated rings. The highest BCUT2D eigenvalue weighted by Crippen LogP contribution is 2.16. The highest BCUT2D eigenvalue weighted by molar-refractivity contribution is 6.04. The van der Waals surface area contributed by atoms with E-state index in [-0.39, 0.29) is 11.6 Å². The predicted molar refractivity (Wildman–Crippen MR) is 99.8 cm³/mol. The van der Waals surface area contributed by atoms with Crippen molar-refractivity contribution >= 4 is 17.4 Å². The molecule has 0 spiro atoms. The van der Waals surface area contributed by atoms with Gasteiger partial charge in [-0.2, -0.15) is 0 Å². The number of carbonyl (C=O) groups is 1. The van der Waals surface area contributed by atoms with E-state index in [0.29, 0.717) is 11.4 Å². The van der Waals surface area contributed by atoms with Crippen LogP contribution in [0.1, 0.15) is 15.9 Å². The SMILES string of the molecule is CN(CCc1ccncc1)c1cc(C(=O)Nc2ccccc2F)ccn1. The molecule has 132 valence electrons. The van der Waals surface area contributed by atoms with Crippen molar-refractivity contribution in [1.82, 2.24) is 9.97 Å². The first-order valence-corrected chi connectivity index (χ1v) is 8.25. The summed E-state index contributed by atoms with van der Waals surface area (Å²) in [6, 6.07) is 13.3. The summed E-state index contributed by atoms with van der Waals surface area (Å²) in [5.41, 5.74) is 1.76. The van der Waals surface area contributed by atoms with Gasteiger partial charge in [-0.05, 0) is 48.4 Å². The third kappa shape index (κ3) is 4.42. The first-order chi connectivity index (χ1) is 12.6. The third-order valence-corrected chi connectivity index (χ3v) is 4.01. The van der Waals surface area contributed by atoms with E-state index < -0.39 is 5.82 Å². The van der Waals surface area contributed by atoms with Gasteiger partial charge in [0.1, 0.15) is 11.6 Å². The Bertz CT molecular complexity index is 886. The number of nitrogens with zero attached hydrogens (tertiary/aromatic N) is 3. The van der Waals surface area contributed by atoms with Crippen molar-refractivity contribution in [1.29, 1.82) is 0 Å². The summed E-state index contributed by atoms with van der Waals surface area (Å²) >= 11 is 0. The molecule has 3 aromatic rings. The van der Waals surface area contributed by atoms with Gasteiger partial charge < -0.3 is 10.2 Å². The lowest BCUT2D eigenvalue weighted by Gasteiger charge is -2.18. The van der Waals surface area contributed by atoms with E-state index in [4.69, 9.17) is 0 Å². The Labute approximate surface area is 151 Å². The summed E-state index contributed by atoms with van der Waals surface area (Å²) in [5, 5.41) is 2.58. The number of aromatic nitrogens is 2. The number of likely N-dealkylation sites (N-methyl/N-ethyl adjacent to an activating group) is 1. The van der Waals surface area contributed by atoms with Gasteiger partial charge >= 0.3 is 0 Å². The molecule has 0 aliphatic heterocycles. The lowest BCUT2D eigenvalue weighted by Crippen LogP contribution is -2.22. The van der Waals surface area contributed by atoms with Crippen molar-refractivity contribution in [3.63, 3.8) is 0 Å². The van der Waals surface area contributed by atoms with Gasteiger partial charge in [-0.3, -0.25) is 9.78 Å². The molecule has 0 saturated carbocycles. The maximum Gasteiger partial charge on any atom is 0.255 e. The Balaban J connectivity index is 1.67. The van der Waals surface area contributed by atoms with E-state index in [0.717, 1.165) is 13.0 Å². The number of carbonyl (C=O) groups excluding carboxylic acids is 1. The van der Waals surface area contributed by atoms with Crippen LogP contribution >= 0.6 is 0 Å². The summed E-state index contributed by atoms with van der Waals surface area (Å²) in [4.78, 5) is 22.7. The van der Waals surface area contributed by atoms with E-state index >= 15 is 0 Å². The van der Waals surface area contributed by atoms with Crippen LogP contribution in [0.3, 0.4) is 0 Å². The maximum absolute atomic E-state index is 13.7. The van der Waals surface area contributed by atoms with Crippen molar-refractivity contribution in [2.24, 2.45) is 0 Å². The number of halogens is 1. The highest BCUT2D eigenvalue weighted by atomic mass is 19.1. The molecule has 6 heteroatoms. The molecule has 0 saturated heterocycles. The van der Waals surface area contributed by atoms with Crippen LogP contribution in [0.4, 0.5) is 15.9 Å². The summed E-state index contributed by atoms with van der Waals surface area (Å²) in [5.74, 6) is -0.161. The molecular weight excluding hydrogens is 331 g/mol. The standard InChI is InChI=1S/C20H19FN4O/c1-25(13-9-15-6-10-22-11-7-15)19-14-16(8-12-23-19)20(26)24-18-5-3-2-4-17(18)21/h2-8,10-12,14H,9,13H2,1H3,(H,24,26). The van der Waals surface area contributed by atoms with Crippen LogP contribution in [0.15, 0.2) is 67.1 Å². The molecule has 2 aromatic heterocycles. The Kier molecular flexibility index (Phi) is 5.53. The molecule has 1 aromatic carbocycles. The number of pyridine rings is 2. The number of para-hydroxylation sites is 1. The number of hydrogen-bond donors (Lipinski definition) is 1. The minimum atomic E-state index is -0.468. The van der Waals surface area contributed by atoms with Crippen molar-refractivity contribution in [2.45, 2.75) is 6.42 Å². The fraction of sp³-hybridized carbons (Fsp3) is 0.150. The molecule has 1 amide bonds. The number of amides is 1. The second-order valence-corrected chi connectivity index (χ2v) is 5.86. The maximum atomic E-state index is 13.7. The summed E-state index contributed by atoms with van der Waals surface area (Å²) < 4.78 is 13.7. The van der Waals surface area contributed by atoms with Crippen LogP contribution < -0.4 is 10.2 Å². The Morgan fingerprint density at radius 2 is 1.88 bits per heavy atom. The van der Waals surface area contributed by atoms with Crippen molar-refractivity contribution in [3.05, 3.63) is 84.1 Å². The van der Waals surface area contributed by atoms with Crippen LogP contribution in [0.5, 0.6) is 0 Å². The van der Waals surface area contributed by atoms with Gasteiger partial charge in [-0.25, -0.2) is 9.37 Å². The molecular formula is C20H19FN4O. The fourth-order valence-electron chi connectivity index (χ4n) is 2.49. The number of hydrogen-bond acceptors (Lipinski definition) is 4. The average molecular weight is 350 g/mol. The normalized spacial score (nSPS) is 10.4. The molecule has 0 radical (unpaired) electrons. The smallest absolute Gasteiger partial charge is 0.255 e. The van der Waals surface area contributed by atoms with E-state index in [2.05, 4.69) is 15.3 Å². The number of anilines is 2. The molecule has 5 nitrogen and oxygen atoms in total. The van der Waals surface area contributed by atoms with Crippen LogP contribution in [-0.4, -0.2) is 29.5 Å². The molecule has 1 N–H and O–H groups in total. The fourth-order valence-corrected chi connectivity index (χ4v) is 2.49. The summed E-state index contributed by atoms with van der Waals surface area (Å²) in [6.07, 6.45) is 5.95. The zero-order valence-electron chi connectivity index (χ0n) is 14.4. The molecule has 0 aliphatic rings. The largest absolute Gasteiger partial charge is 0.359 e. The quantitative estimate of drug-likeness (QED) is 0.739. The second-order valence-electron chi connectivity index (χ2n) is 5.86. The minimum absolute atomic E-state index is 0.155. The second kappa shape index (κ2) is 8.20. The zero-order valence-corrected chi connectivity index (χ0v) is 14.4. The van der Waals surface area contributed by atoms with Gasteiger partial charge in [0.25, 0.3) is 5.91 Å². The van der Waals surface area contributed by atoms with E-state index in [1.165, 1.54) is 17.7 Å². The van der Waals surface area contributed by atoms with Crippen LogP contribution in [0.2, 0.25) is 0 Å². The van der Waals surface area contributed by atoms with Crippen molar-refractivity contribution in [3.8, 4) is 0 Å². The highest BCUT2D eigenvalue weighted by Gasteiger charge is 2.11. The number of rotatable bonds is 6. The van der Waals surface area contributed by atoms with E-state index in [1.807, 2.05) is 24.1 Å². The van der Waals surface area contributed by atoms with Crippen LogP contribution in [0, 0.1) is 5.82 Å². The summed E-state index contributed by atoms with van der Waals surface area (Å²) in [6.45, 7) is 0.745. The first kappa shape index (κ1) is 17.5. The Hall–Kier alpha value is -3.28. The van der Waals surface area contributed by atoms with Crippen molar-refractivity contribution < 1.29 is 9.18 Å². The molecule has 0 unspecified atom stereocenters. The van der Waals surface area contributed by atoms with Gasteiger partial charge in [0.15, 0.2) is 0 Å². The first-order valence-electron chi connectivity index (χ1n) is 8.25. The van der Waals surface area contributed by atoms with Crippen LogP contribution in [0.25, 0.3) is 0 Å². The zero-order chi connectivity index (χ0) is 18.4. The lowest BCUT2D eigenvalue weighted by atomic mass is 10.2. The van der Waals surface area contributed by atoms with Gasteiger partial charge in [0, 0.05) is 37.7 Å². The average Bonchev–Trinajstić information content (AvgIpc) is 2.69. The molecule has 2 heterocycles. The Morgan fingerprint density at radius 1 is 1.12 bits per heavy atom. The molecule has 26 heavy (non-hydrogen) atoms. The van der Waals surface area contributed by atoms with Crippen LogP contribution in [-0.2, 0) is 6.42 Å². The third-order valence-electron chi connectivity index (χ3n) is 4.01. The predicted octanol–water partition coefficient (Wildman–Crippen LogP) is 3.55. The molecule has 0 bridgehead atoms. The van der Waals surface area contributed by atoms with Gasteiger partial charge in [-0.15, -0.1) is 0 Å². The minimum Gasteiger partial charge on any atom is -0.359 e. The van der Waals surface area contributed by atoms with Crippen molar-refractivity contribution in [2.75, 3.05) is 23.8 Å². The van der Waals surface area contributed by atoms with E-state index in [1.54, 1.807) is 42.9 Å². The van der Waals surface area contributed by atoms with E-state index in [9.17, 15) is 9.18 Å². The molecule has 3 rings (SSSR count). The number of benzene rings is 1. The topological polar surface area (TPSA) is 58.1 Å². The summed E-state index contributed by atoms with van der Waals surface area (Å²) in [7, 11) is 1.92. The monoisotopic (exact) mass is 350 g/mol.